The summed E-state index contributed by atoms with van der Waals surface area (Å²) in [5, 5.41) is 5.23. The van der Waals surface area contributed by atoms with Crippen LogP contribution in [0.5, 0.6) is 0 Å². The summed E-state index contributed by atoms with van der Waals surface area (Å²) in [6.45, 7) is 1.97. The summed E-state index contributed by atoms with van der Waals surface area (Å²) in [5.74, 6) is 0.0735. The van der Waals surface area contributed by atoms with Gasteiger partial charge in [-0.3, -0.25) is 14.2 Å². The molecule has 0 aliphatic carbocycles. The quantitative estimate of drug-likeness (QED) is 0.583. The number of thiophene rings is 1. The van der Waals surface area contributed by atoms with Crippen LogP contribution in [-0.2, 0) is 11.8 Å². The Balaban J connectivity index is 1.72. The summed E-state index contributed by atoms with van der Waals surface area (Å²) in [6, 6.07) is 9.45. The molecule has 0 aliphatic heterocycles. The molecule has 1 aromatic carbocycles. The number of aryl methyl sites for hydroxylation is 1. The van der Waals surface area contributed by atoms with E-state index < -0.39 is 0 Å². The lowest BCUT2D eigenvalue weighted by Gasteiger charge is -2.08. The van der Waals surface area contributed by atoms with E-state index in [4.69, 9.17) is 0 Å². The number of hydrogen-bond donors (Lipinski definition) is 1. The third-order valence-electron chi connectivity index (χ3n) is 3.28. The Kier molecular flexibility index (Phi) is 4.49. The van der Waals surface area contributed by atoms with Crippen LogP contribution in [0.2, 0.25) is 0 Å². The molecular weight excluding hydrogens is 330 g/mol. The van der Waals surface area contributed by atoms with Crippen LogP contribution in [0.4, 0.5) is 5.69 Å². The maximum atomic E-state index is 12.2. The molecule has 0 unspecified atom stereocenters. The van der Waals surface area contributed by atoms with Crippen molar-refractivity contribution in [2.75, 3.05) is 11.1 Å². The molecule has 0 bridgehead atoms. The van der Waals surface area contributed by atoms with Crippen LogP contribution in [0, 0.1) is 6.92 Å². The number of fused-ring (bicyclic) bond motifs is 1. The predicted octanol–water partition coefficient (Wildman–Crippen LogP) is 3.03. The number of carbonyl (C=O) groups excluding carboxylic acids is 1. The zero-order valence-electron chi connectivity index (χ0n) is 12.7. The zero-order valence-corrected chi connectivity index (χ0v) is 14.3. The number of anilines is 1. The van der Waals surface area contributed by atoms with Gasteiger partial charge in [-0.1, -0.05) is 23.9 Å². The summed E-state index contributed by atoms with van der Waals surface area (Å²) in [5.41, 5.74) is 2.46. The van der Waals surface area contributed by atoms with Crippen molar-refractivity contribution in [3.05, 3.63) is 51.6 Å². The minimum Gasteiger partial charge on any atom is -0.325 e. The maximum absolute atomic E-state index is 12.2. The lowest BCUT2D eigenvalue weighted by atomic mass is 10.2. The average molecular weight is 345 g/mol. The number of aromatic nitrogens is 2. The first kappa shape index (κ1) is 15.8. The summed E-state index contributed by atoms with van der Waals surface area (Å²) in [7, 11) is 1.68. The number of amides is 1. The first-order valence-corrected chi connectivity index (χ1v) is 8.84. The second kappa shape index (κ2) is 6.55. The number of carbonyl (C=O) groups is 1. The minimum atomic E-state index is -0.125. The Morgan fingerprint density at radius 3 is 3.00 bits per heavy atom. The van der Waals surface area contributed by atoms with Crippen molar-refractivity contribution in [3.8, 4) is 0 Å². The summed E-state index contributed by atoms with van der Waals surface area (Å²) in [6.07, 6.45) is 0. The van der Waals surface area contributed by atoms with Gasteiger partial charge in [0.2, 0.25) is 5.91 Å². The highest BCUT2D eigenvalue weighted by Gasteiger charge is 2.11. The fourth-order valence-corrected chi connectivity index (χ4v) is 3.72. The highest BCUT2D eigenvalue weighted by Crippen LogP contribution is 2.20. The monoisotopic (exact) mass is 345 g/mol. The van der Waals surface area contributed by atoms with Gasteiger partial charge in [0, 0.05) is 12.7 Å². The zero-order chi connectivity index (χ0) is 16.4. The van der Waals surface area contributed by atoms with Gasteiger partial charge in [0.15, 0.2) is 5.16 Å². The largest absolute Gasteiger partial charge is 0.325 e. The fraction of sp³-hybridized carbons (Fsp3) is 0.188. The van der Waals surface area contributed by atoms with Crippen molar-refractivity contribution in [3.63, 3.8) is 0 Å². The average Bonchev–Trinajstić information content (AvgIpc) is 2.98. The van der Waals surface area contributed by atoms with Gasteiger partial charge in [-0.05, 0) is 36.1 Å². The molecule has 7 heteroatoms. The minimum absolute atomic E-state index is 0.0772. The summed E-state index contributed by atoms with van der Waals surface area (Å²) in [4.78, 5) is 28.7. The van der Waals surface area contributed by atoms with E-state index in [1.54, 1.807) is 7.05 Å². The van der Waals surface area contributed by atoms with Gasteiger partial charge >= 0.3 is 0 Å². The highest BCUT2D eigenvalue weighted by atomic mass is 32.2. The van der Waals surface area contributed by atoms with E-state index in [9.17, 15) is 9.59 Å². The molecule has 3 rings (SSSR count). The van der Waals surface area contributed by atoms with Crippen LogP contribution < -0.4 is 10.9 Å². The Morgan fingerprint density at radius 1 is 1.39 bits per heavy atom. The van der Waals surface area contributed by atoms with E-state index in [0.717, 1.165) is 11.3 Å². The maximum Gasteiger partial charge on any atom is 0.271 e. The van der Waals surface area contributed by atoms with E-state index in [2.05, 4.69) is 10.3 Å². The fourth-order valence-electron chi connectivity index (χ4n) is 2.15. The first-order chi connectivity index (χ1) is 11.0. The molecule has 0 spiro atoms. The Morgan fingerprint density at radius 2 is 2.22 bits per heavy atom. The van der Waals surface area contributed by atoms with Gasteiger partial charge in [-0.2, -0.15) is 0 Å². The van der Waals surface area contributed by atoms with Crippen molar-refractivity contribution in [1.82, 2.24) is 9.55 Å². The third kappa shape index (κ3) is 3.46. The molecule has 5 nitrogen and oxygen atoms in total. The molecule has 0 aliphatic rings. The molecule has 1 N–H and O–H groups in total. The molecule has 0 saturated carbocycles. The highest BCUT2D eigenvalue weighted by molar-refractivity contribution is 7.99. The Hall–Kier alpha value is -2.12. The van der Waals surface area contributed by atoms with E-state index in [1.165, 1.54) is 27.7 Å². The van der Waals surface area contributed by atoms with Gasteiger partial charge < -0.3 is 5.32 Å². The normalized spacial score (nSPS) is 10.9. The molecule has 0 radical (unpaired) electrons. The van der Waals surface area contributed by atoms with Crippen molar-refractivity contribution in [2.45, 2.75) is 12.1 Å². The smallest absolute Gasteiger partial charge is 0.271 e. The van der Waals surface area contributed by atoms with E-state index in [0.29, 0.717) is 15.4 Å². The molecule has 0 saturated heterocycles. The van der Waals surface area contributed by atoms with Crippen molar-refractivity contribution >= 4 is 44.9 Å². The molecule has 2 heterocycles. The van der Waals surface area contributed by atoms with Crippen molar-refractivity contribution in [1.29, 1.82) is 0 Å². The van der Waals surface area contributed by atoms with Gasteiger partial charge in [-0.25, -0.2) is 4.98 Å². The van der Waals surface area contributed by atoms with Gasteiger partial charge in [-0.15, -0.1) is 11.3 Å². The lowest BCUT2D eigenvalue weighted by molar-refractivity contribution is -0.113. The van der Waals surface area contributed by atoms with Gasteiger partial charge in [0.05, 0.1) is 11.3 Å². The molecular formula is C16H15N3O2S2. The first-order valence-electron chi connectivity index (χ1n) is 6.98. The standard InChI is InChI=1S/C16H15N3O2S2/c1-10-4-3-5-11(8-10)17-13(20)9-23-16-18-12-6-7-22-14(12)15(21)19(16)2/h3-8H,9H2,1-2H3,(H,17,20). The molecule has 2 aromatic heterocycles. The summed E-state index contributed by atoms with van der Waals surface area (Å²) < 4.78 is 2.13. The lowest BCUT2D eigenvalue weighted by Crippen LogP contribution is -2.20. The topological polar surface area (TPSA) is 64.0 Å². The molecule has 118 valence electrons. The predicted molar refractivity (Wildman–Crippen MR) is 95.4 cm³/mol. The Bertz CT molecular complexity index is 930. The number of rotatable bonds is 4. The van der Waals surface area contributed by atoms with Crippen LogP contribution in [0.1, 0.15) is 5.56 Å². The van der Waals surface area contributed by atoms with E-state index >= 15 is 0 Å². The molecule has 0 atom stereocenters. The molecule has 0 fully saturated rings. The molecule has 1 amide bonds. The second-order valence-corrected chi connectivity index (χ2v) is 6.96. The third-order valence-corrected chi connectivity index (χ3v) is 5.20. The van der Waals surface area contributed by atoms with Crippen molar-refractivity contribution < 1.29 is 4.79 Å². The number of hydrogen-bond acceptors (Lipinski definition) is 5. The van der Waals surface area contributed by atoms with E-state index in [1.807, 2.05) is 42.6 Å². The van der Waals surface area contributed by atoms with Crippen molar-refractivity contribution in [2.24, 2.45) is 7.05 Å². The molecule has 3 aromatic rings. The van der Waals surface area contributed by atoms with Crippen LogP contribution in [0.25, 0.3) is 10.2 Å². The molecule has 23 heavy (non-hydrogen) atoms. The number of benzene rings is 1. The summed E-state index contributed by atoms with van der Waals surface area (Å²) >= 11 is 2.64. The number of thioether (sulfide) groups is 1. The Labute approximate surface area is 141 Å². The number of nitrogens with one attached hydrogen (secondary N) is 1. The van der Waals surface area contributed by atoms with Crippen LogP contribution >= 0.6 is 23.1 Å². The van der Waals surface area contributed by atoms with Crippen LogP contribution in [0.3, 0.4) is 0 Å². The number of nitrogens with zero attached hydrogens (tertiary/aromatic N) is 2. The SMILES string of the molecule is Cc1cccc(NC(=O)CSc2nc3ccsc3c(=O)n2C)c1. The van der Waals surface area contributed by atoms with Gasteiger partial charge in [0.25, 0.3) is 5.56 Å². The van der Waals surface area contributed by atoms with Crippen LogP contribution in [0.15, 0.2) is 45.7 Å². The second-order valence-electron chi connectivity index (χ2n) is 5.10. The van der Waals surface area contributed by atoms with Crippen LogP contribution in [-0.4, -0.2) is 21.2 Å². The van der Waals surface area contributed by atoms with E-state index in [-0.39, 0.29) is 17.2 Å². The van der Waals surface area contributed by atoms with Gasteiger partial charge in [0.1, 0.15) is 4.70 Å².